The van der Waals surface area contributed by atoms with Gasteiger partial charge in [0.05, 0.1) is 18.4 Å². The maximum Gasteiger partial charge on any atom is 0.246 e. The standard InChI is InChI=1S/C23H24N2O4S/c1-15-19(16(2)29-24-15)14-28-20-6-4-17(12-21(20)27-3)5-7-23(26)25-10-8-22-18(13-25)9-11-30-22/h4-7,9,11-12H,8,10,13-14H2,1-3H3/b7-5+. The molecule has 0 radical (unpaired) electrons. The molecule has 7 heteroatoms. The van der Waals surface area contributed by atoms with E-state index >= 15 is 0 Å². The summed E-state index contributed by atoms with van der Waals surface area (Å²) in [5, 5.41) is 6.04. The monoisotopic (exact) mass is 424 g/mol. The first kappa shape index (κ1) is 20.2. The summed E-state index contributed by atoms with van der Waals surface area (Å²) in [6.45, 7) is 5.54. The van der Waals surface area contributed by atoms with Crippen LogP contribution >= 0.6 is 11.3 Å². The Labute approximate surface area is 179 Å². The number of aryl methyl sites for hydroxylation is 2. The molecule has 0 bridgehead atoms. The Bertz CT molecular complexity index is 1060. The fourth-order valence-electron chi connectivity index (χ4n) is 3.47. The van der Waals surface area contributed by atoms with Crippen LogP contribution in [0.3, 0.4) is 0 Å². The van der Waals surface area contributed by atoms with Crippen LogP contribution in [-0.4, -0.2) is 29.6 Å². The minimum absolute atomic E-state index is 0.0181. The van der Waals surface area contributed by atoms with E-state index in [0.717, 1.165) is 35.5 Å². The lowest BCUT2D eigenvalue weighted by atomic mass is 10.1. The van der Waals surface area contributed by atoms with Crippen LogP contribution in [0.5, 0.6) is 11.5 Å². The highest BCUT2D eigenvalue weighted by Gasteiger charge is 2.19. The van der Waals surface area contributed by atoms with E-state index in [1.54, 1.807) is 24.5 Å². The quantitative estimate of drug-likeness (QED) is 0.544. The number of amides is 1. The van der Waals surface area contributed by atoms with Crippen LogP contribution in [0, 0.1) is 13.8 Å². The Morgan fingerprint density at radius 1 is 1.30 bits per heavy atom. The molecule has 0 atom stereocenters. The number of aromatic nitrogens is 1. The van der Waals surface area contributed by atoms with Gasteiger partial charge in [0, 0.05) is 24.0 Å². The molecule has 0 N–H and O–H groups in total. The summed E-state index contributed by atoms with van der Waals surface area (Å²) in [4.78, 5) is 15.9. The van der Waals surface area contributed by atoms with E-state index in [2.05, 4.69) is 16.6 Å². The van der Waals surface area contributed by atoms with Crippen LogP contribution in [0.25, 0.3) is 6.08 Å². The molecule has 0 saturated heterocycles. The molecule has 3 heterocycles. The molecule has 0 aliphatic carbocycles. The molecule has 0 unspecified atom stereocenters. The third kappa shape index (κ3) is 4.26. The van der Waals surface area contributed by atoms with Gasteiger partial charge in [0.1, 0.15) is 12.4 Å². The third-order valence-electron chi connectivity index (χ3n) is 5.28. The van der Waals surface area contributed by atoms with E-state index in [4.69, 9.17) is 14.0 Å². The highest BCUT2D eigenvalue weighted by molar-refractivity contribution is 7.10. The number of carbonyl (C=O) groups is 1. The number of hydrogen-bond donors (Lipinski definition) is 0. The minimum atomic E-state index is 0.0181. The van der Waals surface area contributed by atoms with Gasteiger partial charge in [0.25, 0.3) is 0 Å². The van der Waals surface area contributed by atoms with Crippen molar-refractivity contribution in [1.29, 1.82) is 0 Å². The first-order valence-corrected chi connectivity index (χ1v) is 10.7. The van der Waals surface area contributed by atoms with Crippen LogP contribution in [-0.2, 0) is 24.4 Å². The fraction of sp³-hybridized carbons (Fsp3) is 0.304. The minimum Gasteiger partial charge on any atom is -0.493 e. The van der Waals surface area contributed by atoms with Gasteiger partial charge in [-0.25, -0.2) is 0 Å². The Balaban J connectivity index is 1.41. The second kappa shape index (κ2) is 8.75. The van der Waals surface area contributed by atoms with Crippen LogP contribution in [0.4, 0.5) is 0 Å². The molecule has 3 aromatic rings. The van der Waals surface area contributed by atoms with Crippen molar-refractivity contribution >= 4 is 23.3 Å². The van der Waals surface area contributed by atoms with Gasteiger partial charge in [-0.1, -0.05) is 11.2 Å². The molecule has 156 valence electrons. The number of methoxy groups -OCH3 is 1. The lowest BCUT2D eigenvalue weighted by molar-refractivity contribution is -0.126. The number of nitrogens with zero attached hydrogens (tertiary/aromatic N) is 2. The summed E-state index contributed by atoms with van der Waals surface area (Å²) >= 11 is 1.77. The highest BCUT2D eigenvalue weighted by Crippen LogP contribution is 2.30. The molecule has 0 spiro atoms. The number of hydrogen-bond acceptors (Lipinski definition) is 6. The summed E-state index contributed by atoms with van der Waals surface area (Å²) in [7, 11) is 1.60. The number of benzene rings is 1. The van der Waals surface area contributed by atoms with E-state index in [0.29, 0.717) is 24.7 Å². The first-order chi connectivity index (χ1) is 14.5. The third-order valence-corrected chi connectivity index (χ3v) is 6.30. The number of thiophene rings is 1. The first-order valence-electron chi connectivity index (χ1n) is 9.80. The zero-order valence-corrected chi connectivity index (χ0v) is 18.1. The van der Waals surface area contributed by atoms with Crippen molar-refractivity contribution in [3.8, 4) is 11.5 Å². The van der Waals surface area contributed by atoms with Gasteiger partial charge in [0.2, 0.25) is 5.91 Å². The second-order valence-corrected chi connectivity index (χ2v) is 8.21. The molecular weight excluding hydrogens is 400 g/mol. The lowest BCUT2D eigenvalue weighted by Gasteiger charge is -2.25. The van der Waals surface area contributed by atoms with Gasteiger partial charge in [-0.15, -0.1) is 11.3 Å². The van der Waals surface area contributed by atoms with E-state index in [-0.39, 0.29) is 5.91 Å². The Kier molecular flexibility index (Phi) is 5.90. The smallest absolute Gasteiger partial charge is 0.246 e. The van der Waals surface area contributed by atoms with Crippen molar-refractivity contribution in [1.82, 2.24) is 10.1 Å². The van der Waals surface area contributed by atoms with E-state index in [1.165, 1.54) is 10.4 Å². The number of fused-ring (bicyclic) bond motifs is 1. The largest absolute Gasteiger partial charge is 0.493 e. The average molecular weight is 425 g/mol. The molecule has 1 aliphatic heterocycles. The Hall–Kier alpha value is -3.06. The molecular formula is C23H24N2O4S. The van der Waals surface area contributed by atoms with Crippen molar-refractivity contribution in [3.05, 3.63) is 68.7 Å². The SMILES string of the molecule is COc1cc(/C=C/C(=O)N2CCc3sccc3C2)ccc1OCc1c(C)noc1C. The van der Waals surface area contributed by atoms with Crippen LogP contribution < -0.4 is 9.47 Å². The summed E-state index contributed by atoms with van der Waals surface area (Å²) in [5.74, 6) is 2.00. The van der Waals surface area contributed by atoms with Gasteiger partial charge in [-0.3, -0.25) is 4.79 Å². The fourth-order valence-corrected chi connectivity index (χ4v) is 4.36. The molecule has 2 aromatic heterocycles. The van der Waals surface area contributed by atoms with Crippen molar-refractivity contribution in [2.75, 3.05) is 13.7 Å². The Morgan fingerprint density at radius 3 is 2.93 bits per heavy atom. The van der Waals surface area contributed by atoms with Crippen LogP contribution in [0.1, 0.15) is 33.0 Å². The van der Waals surface area contributed by atoms with Crippen molar-refractivity contribution in [3.63, 3.8) is 0 Å². The molecule has 1 amide bonds. The van der Waals surface area contributed by atoms with Crippen molar-refractivity contribution < 1.29 is 18.8 Å². The van der Waals surface area contributed by atoms with E-state index in [1.807, 2.05) is 43.0 Å². The zero-order chi connectivity index (χ0) is 21.1. The highest BCUT2D eigenvalue weighted by atomic mass is 32.1. The van der Waals surface area contributed by atoms with E-state index in [9.17, 15) is 4.79 Å². The van der Waals surface area contributed by atoms with Gasteiger partial charge < -0.3 is 18.9 Å². The summed E-state index contributed by atoms with van der Waals surface area (Å²) in [6.07, 6.45) is 4.36. The maximum absolute atomic E-state index is 12.6. The van der Waals surface area contributed by atoms with Crippen LogP contribution in [0.2, 0.25) is 0 Å². The predicted octanol–water partition coefficient (Wildman–Crippen LogP) is 4.54. The van der Waals surface area contributed by atoms with Crippen LogP contribution in [0.15, 0.2) is 40.2 Å². The number of carbonyl (C=O) groups excluding carboxylic acids is 1. The van der Waals surface area contributed by atoms with Crippen molar-refractivity contribution in [2.45, 2.75) is 33.4 Å². The van der Waals surface area contributed by atoms with Crippen molar-refractivity contribution in [2.24, 2.45) is 0 Å². The maximum atomic E-state index is 12.6. The summed E-state index contributed by atoms with van der Waals surface area (Å²) in [5.41, 5.74) is 3.88. The molecule has 4 rings (SSSR count). The zero-order valence-electron chi connectivity index (χ0n) is 17.3. The predicted molar refractivity (Wildman–Crippen MR) is 116 cm³/mol. The van der Waals surface area contributed by atoms with E-state index < -0.39 is 0 Å². The molecule has 30 heavy (non-hydrogen) atoms. The molecule has 6 nitrogen and oxygen atoms in total. The second-order valence-electron chi connectivity index (χ2n) is 7.21. The van der Waals surface area contributed by atoms with Gasteiger partial charge >= 0.3 is 0 Å². The molecule has 1 aliphatic rings. The molecule has 0 saturated carbocycles. The number of ether oxygens (including phenoxy) is 2. The lowest BCUT2D eigenvalue weighted by Crippen LogP contribution is -2.34. The van der Waals surface area contributed by atoms with Gasteiger partial charge in [-0.05, 0) is 61.1 Å². The summed E-state index contributed by atoms with van der Waals surface area (Å²) < 4.78 is 16.6. The molecule has 1 aromatic carbocycles. The average Bonchev–Trinajstić information content (AvgIpc) is 3.36. The van der Waals surface area contributed by atoms with Gasteiger partial charge in [-0.2, -0.15) is 0 Å². The summed E-state index contributed by atoms with van der Waals surface area (Å²) in [6, 6.07) is 7.72. The number of rotatable bonds is 6. The molecule has 0 fully saturated rings. The topological polar surface area (TPSA) is 64.8 Å². The Morgan fingerprint density at radius 2 is 2.17 bits per heavy atom. The van der Waals surface area contributed by atoms with Gasteiger partial charge in [0.15, 0.2) is 11.5 Å². The normalized spacial score (nSPS) is 13.5.